The minimum Gasteiger partial charge on any atom is -0.462 e. The van der Waals surface area contributed by atoms with E-state index < -0.39 is 41.5 Å². The first-order valence-corrected chi connectivity index (χ1v) is 6.11. The summed E-state index contributed by atoms with van der Waals surface area (Å²) in [6.45, 7) is -0.657. The van der Waals surface area contributed by atoms with Crippen molar-refractivity contribution in [3.8, 4) is 5.75 Å². The second kappa shape index (κ2) is 5.54. The topological polar surface area (TPSA) is 154 Å². The molecule has 5 atom stereocenters. The monoisotopic (exact) mass is 301 g/mol. The number of rotatable bonds is 5. The lowest BCUT2D eigenvalue weighted by Gasteiger charge is -2.53. The highest BCUT2D eigenvalue weighted by molar-refractivity contribution is 5.36. The summed E-state index contributed by atoms with van der Waals surface area (Å²) in [6, 6.07) is 4.70. The summed E-state index contributed by atoms with van der Waals surface area (Å²) in [6.07, 6.45) is -4.98. The lowest BCUT2D eigenvalue weighted by Crippen LogP contribution is -2.76. The fraction of sp³-hybridized carbons (Fsp3) is 0.500. The van der Waals surface area contributed by atoms with Gasteiger partial charge in [-0.25, -0.2) is 0 Å². The predicted molar refractivity (Wildman–Crippen MR) is 67.3 cm³/mol. The molecule has 9 nitrogen and oxygen atoms in total. The second-order valence-corrected chi connectivity index (χ2v) is 4.83. The van der Waals surface area contributed by atoms with E-state index in [0.29, 0.717) is 0 Å². The van der Waals surface area contributed by atoms with Gasteiger partial charge in [0.25, 0.3) is 5.69 Å². The van der Waals surface area contributed by atoms with E-state index in [0.717, 1.165) is 12.1 Å². The molecule has 0 bridgehead atoms. The number of aliphatic hydroxyl groups is 5. The average Bonchev–Trinajstić information content (AvgIpc) is 2.47. The van der Waals surface area contributed by atoms with Crippen LogP contribution >= 0.6 is 0 Å². The van der Waals surface area contributed by atoms with Gasteiger partial charge in [-0.2, -0.15) is 0 Å². The molecule has 2 rings (SSSR count). The summed E-state index contributed by atoms with van der Waals surface area (Å²) in [5.41, 5.74) is -2.40. The van der Waals surface area contributed by atoms with Crippen LogP contribution in [0.3, 0.4) is 0 Å². The Morgan fingerprint density at radius 3 is 2.38 bits per heavy atom. The Bertz CT molecular complexity index is 520. The number of benzene rings is 1. The maximum absolute atomic E-state index is 10.5. The van der Waals surface area contributed by atoms with Crippen LogP contribution in [-0.2, 0) is 0 Å². The molecule has 1 aliphatic rings. The van der Waals surface area contributed by atoms with E-state index in [4.69, 9.17) is 9.84 Å². The van der Waals surface area contributed by atoms with Gasteiger partial charge in [-0.3, -0.25) is 10.1 Å². The molecule has 1 aromatic carbocycles. The van der Waals surface area contributed by atoms with Gasteiger partial charge in [-0.15, -0.1) is 0 Å². The fourth-order valence-corrected chi connectivity index (χ4v) is 2.32. The summed E-state index contributed by atoms with van der Waals surface area (Å²) < 4.78 is 5.01. The van der Waals surface area contributed by atoms with Crippen molar-refractivity contribution in [1.82, 2.24) is 0 Å². The van der Waals surface area contributed by atoms with Gasteiger partial charge in [0, 0.05) is 18.1 Å². The van der Waals surface area contributed by atoms with Crippen LogP contribution in [0.4, 0.5) is 5.69 Å². The van der Waals surface area contributed by atoms with Gasteiger partial charge in [0.2, 0.25) is 6.29 Å². The van der Waals surface area contributed by atoms with Crippen molar-refractivity contribution in [3.05, 3.63) is 34.4 Å². The standard InChI is InChI=1S/C12H15NO8/c14-5-8-9(15)10(16)12(8,18)11(17)21-7-3-1-6(2-4-7)13(19)20/h1-4,8-11,14-18H,5H2. The number of hydrogen-bond donors (Lipinski definition) is 5. The van der Waals surface area contributed by atoms with Crippen LogP contribution in [0.25, 0.3) is 0 Å². The Labute approximate surface area is 118 Å². The molecule has 0 spiro atoms. The molecule has 1 aromatic rings. The molecule has 9 heteroatoms. The number of non-ortho nitro benzene ring substituents is 1. The zero-order valence-corrected chi connectivity index (χ0v) is 10.7. The molecule has 0 radical (unpaired) electrons. The van der Waals surface area contributed by atoms with E-state index in [2.05, 4.69) is 0 Å². The van der Waals surface area contributed by atoms with Gasteiger partial charge in [-0.05, 0) is 12.1 Å². The van der Waals surface area contributed by atoms with Crippen molar-refractivity contribution in [3.63, 3.8) is 0 Å². The predicted octanol–water partition coefficient (Wildman–Crippen LogP) is -1.63. The lowest BCUT2D eigenvalue weighted by molar-refractivity contribution is -0.384. The van der Waals surface area contributed by atoms with Crippen LogP contribution in [-0.4, -0.2) is 61.2 Å². The minimum atomic E-state index is -2.23. The molecule has 1 saturated carbocycles. The third-order valence-electron chi connectivity index (χ3n) is 3.69. The zero-order chi connectivity index (χ0) is 15.8. The van der Waals surface area contributed by atoms with E-state index in [1.807, 2.05) is 0 Å². The third kappa shape index (κ3) is 2.45. The number of aliphatic hydroxyl groups excluding tert-OH is 4. The van der Waals surface area contributed by atoms with E-state index in [1.165, 1.54) is 12.1 Å². The molecule has 0 aliphatic heterocycles. The highest BCUT2D eigenvalue weighted by Crippen LogP contribution is 2.42. The smallest absolute Gasteiger partial charge is 0.269 e. The Hall–Kier alpha value is -1.78. The van der Waals surface area contributed by atoms with Crippen molar-refractivity contribution < 1.29 is 35.2 Å². The number of nitrogens with zero attached hydrogens (tertiary/aromatic N) is 1. The van der Waals surface area contributed by atoms with E-state index in [1.54, 1.807) is 0 Å². The normalized spacial score (nSPS) is 33.1. The van der Waals surface area contributed by atoms with Crippen LogP contribution in [0.15, 0.2) is 24.3 Å². The molecule has 1 fully saturated rings. The van der Waals surface area contributed by atoms with Gasteiger partial charge in [0.05, 0.1) is 17.6 Å². The molecule has 0 saturated heterocycles. The maximum atomic E-state index is 10.5. The molecule has 21 heavy (non-hydrogen) atoms. The van der Waals surface area contributed by atoms with E-state index >= 15 is 0 Å². The first-order chi connectivity index (χ1) is 9.82. The van der Waals surface area contributed by atoms with Crippen LogP contribution < -0.4 is 4.74 Å². The molecular weight excluding hydrogens is 286 g/mol. The molecule has 5 N–H and O–H groups in total. The van der Waals surface area contributed by atoms with Gasteiger partial charge >= 0.3 is 0 Å². The Morgan fingerprint density at radius 1 is 1.33 bits per heavy atom. The van der Waals surface area contributed by atoms with Crippen molar-refractivity contribution in [2.75, 3.05) is 6.61 Å². The summed E-state index contributed by atoms with van der Waals surface area (Å²) >= 11 is 0. The third-order valence-corrected chi connectivity index (χ3v) is 3.69. The van der Waals surface area contributed by atoms with Gasteiger partial charge in [-0.1, -0.05) is 0 Å². The Kier molecular flexibility index (Phi) is 4.12. The van der Waals surface area contributed by atoms with Crippen LogP contribution in [0.1, 0.15) is 0 Å². The highest BCUT2D eigenvalue weighted by Gasteiger charge is 2.65. The molecule has 1 aliphatic carbocycles. The molecule has 0 amide bonds. The van der Waals surface area contributed by atoms with E-state index in [-0.39, 0.29) is 11.4 Å². The minimum absolute atomic E-state index is 0.0202. The second-order valence-electron chi connectivity index (χ2n) is 4.83. The molecule has 5 unspecified atom stereocenters. The average molecular weight is 301 g/mol. The van der Waals surface area contributed by atoms with Gasteiger partial charge in [0.15, 0.2) is 5.60 Å². The highest BCUT2D eigenvalue weighted by atomic mass is 16.6. The first-order valence-electron chi connectivity index (χ1n) is 6.11. The van der Waals surface area contributed by atoms with Crippen LogP contribution in [0.2, 0.25) is 0 Å². The Morgan fingerprint density at radius 2 is 1.90 bits per heavy atom. The summed E-state index contributed by atoms with van der Waals surface area (Å²) in [4.78, 5) is 9.89. The molecule has 0 aromatic heterocycles. The quantitative estimate of drug-likeness (QED) is 0.247. The number of nitro groups is 1. The van der Waals surface area contributed by atoms with Crippen molar-refractivity contribution >= 4 is 5.69 Å². The van der Waals surface area contributed by atoms with Crippen LogP contribution in [0, 0.1) is 16.0 Å². The lowest BCUT2D eigenvalue weighted by atomic mass is 9.64. The summed E-state index contributed by atoms with van der Waals surface area (Å²) in [5.74, 6) is -1.15. The summed E-state index contributed by atoms with van der Waals surface area (Å²) in [5, 5.41) is 58.5. The fourth-order valence-electron chi connectivity index (χ4n) is 2.32. The number of hydrogen-bond acceptors (Lipinski definition) is 8. The number of nitro benzene ring substituents is 1. The number of ether oxygens (including phenoxy) is 1. The van der Waals surface area contributed by atoms with Crippen LogP contribution in [0.5, 0.6) is 5.75 Å². The SMILES string of the molecule is O=[N+]([O-])c1ccc(OC(O)C2(O)C(O)C(O)C2CO)cc1. The van der Waals surface area contributed by atoms with Crippen molar-refractivity contribution in [2.45, 2.75) is 24.1 Å². The molecular formula is C12H15NO8. The largest absolute Gasteiger partial charge is 0.462 e. The zero-order valence-electron chi connectivity index (χ0n) is 10.7. The molecule has 116 valence electrons. The van der Waals surface area contributed by atoms with Gasteiger partial charge in [0.1, 0.15) is 11.9 Å². The Balaban J connectivity index is 2.10. The maximum Gasteiger partial charge on any atom is 0.269 e. The van der Waals surface area contributed by atoms with E-state index in [9.17, 15) is 30.5 Å². The van der Waals surface area contributed by atoms with Gasteiger partial charge < -0.3 is 30.3 Å². The first kappa shape index (κ1) is 15.6. The van der Waals surface area contributed by atoms with Crippen molar-refractivity contribution in [1.29, 1.82) is 0 Å². The van der Waals surface area contributed by atoms with Crippen molar-refractivity contribution in [2.24, 2.45) is 5.92 Å². The summed E-state index contributed by atoms with van der Waals surface area (Å²) in [7, 11) is 0. The molecule has 0 heterocycles.